The van der Waals surface area contributed by atoms with Gasteiger partial charge in [0.1, 0.15) is 0 Å². The predicted molar refractivity (Wildman–Crippen MR) is 49.7 cm³/mol. The van der Waals surface area contributed by atoms with Gasteiger partial charge in [-0.2, -0.15) is 0 Å². The van der Waals surface area contributed by atoms with Crippen molar-refractivity contribution in [2.75, 3.05) is 0 Å². The van der Waals surface area contributed by atoms with E-state index in [0.29, 0.717) is 17.7 Å². The van der Waals surface area contributed by atoms with E-state index in [1.54, 1.807) is 6.07 Å². The van der Waals surface area contributed by atoms with Crippen LogP contribution in [-0.2, 0) is 6.42 Å². The first-order chi connectivity index (χ1) is 6.61. The second kappa shape index (κ2) is 2.97. The number of rotatable bonds is 0. The van der Waals surface area contributed by atoms with Crippen LogP contribution in [0.2, 0.25) is 0 Å². The number of carbonyl (C=O) groups excluding carboxylic acids is 1. The molecule has 74 valence electrons. The molecular formula is C10H11NO3. The molecule has 1 unspecified atom stereocenters. The van der Waals surface area contributed by atoms with Crippen LogP contribution in [0.3, 0.4) is 0 Å². The first kappa shape index (κ1) is 8.99. The lowest BCUT2D eigenvalue weighted by Crippen LogP contribution is -2.22. The molecule has 0 spiro atoms. The summed E-state index contributed by atoms with van der Waals surface area (Å²) in [5, 5.41) is 8.83. The minimum Gasteiger partial charge on any atom is -0.464 e. The number of fused-ring (bicyclic) bond motifs is 1. The number of ketones is 1. The van der Waals surface area contributed by atoms with Crippen LogP contribution >= 0.6 is 0 Å². The molecule has 14 heavy (non-hydrogen) atoms. The van der Waals surface area contributed by atoms with Gasteiger partial charge in [-0.15, -0.1) is 0 Å². The number of carboxylic acid groups (broad SMARTS) is 1. The van der Waals surface area contributed by atoms with E-state index in [1.807, 2.05) is 6.92 Å². The van der Waals surface area contributed by atoms with Crippen molar-refractivity contribution in [3.05, 3.63) is 23.5 Å². The largest absolute Gasteiger partial charge is 0.464 e. The van der Waals surface area contributed by atoms with Crippen LogP contribution in [0.4, 0.5) is 4.79 Å². The van der Waals surface area contributed by atoms with E-state index in [9.17, 15) is 9.59 Å². The fraction of sp³-hybridized carbons (Fsp3) is 0.400. The monoisotopic (exact) mass is 193 g/mol. The number of aromatic nitrogens is 1. The molecule has 4 heteroatoms. The summed E-state index contributed by atoms with van der Waals surface area (Å²) in [6.07, 6.45) is 1.83. The summed E-state index contributed by atoms with van der Waals surface area (Å²) in [6, 6.07) is 1.60. The third-order valence-electron chi connectivity index (χ3n) is 2.73. The summed E-state index contributed by atoms with van der Waals surface area (Å²) >= 11 is 0. The van der Waals surface area contributed by atoms with Crippen LogP contribution in [0.5, 0.6) is 0 Å². The average molecular weight is 193 g/mol. The quantitative estimate of drug-likeness (QED) is 0.683. The number of carbonyl (C=O) groups is 2. The maximum atomic E-state index is 11.6. The number of hydrogen-bond donors (Lipinski definition) is 1. The molecule has 1 aromatic heterocycles. The molecule has 0 aromatic carbocycles. The van der Waals surface area contributed by atoms with Gasteiger partial charge in [0.2, 0.25) is 0 Å². The highest BCUT2D eigenvalue weighted by molar-refractivity contribution is 6.00. The highest BCUT2D eigenvalue weighted by atomic mass is 16.4. The minimum absolute atomic E-state index is 0.0205. The molecule has 1 heterocycles. The molecule has 0 fully saturated rings. The maximum absolute atomic E-state index is 11.6. The van der Waals surface area contributed by atoms with Gasteiger partial charge in [0.15, 0.2) is 5.78 Å². The van der Waals surface area contributed by atoms with Gasteiger partial charge in [-0.3, -0.25) is 9.36 Å². The van der Waals surface area contributed by atoms with Crippen molar-refractivity contribution in [3.63, 3.8) is 0 Å². The second-order valence-corrected chi connectivity index (χ2v) is 3.63. The fourth-order valence-corrected chi connectivity index (χ4v) is 1.87. The van der Waals surface area contributed by atoms with Crippen LogP contribution in [0.15, 0.2) is 12.3 Å². The Kier molecular flexibility index (Phi) is 1.91. The van der Waals surface area contributed by atoms with Gasteiger partial charge in [0.05, 0.1) is 0 Å². The van der Waals surface area contributed by atoms with Gasteiger partial charge >= 0.3 is 6.09 Å². The van der Waals surface area contributed by atoms with Crippen molar-refractivity contribution >= 4 is 11.9 Å². The molecule has 4 nitrogen and oxygen atoms in total. The number of nitrogens with zero attached hydrogens (tertiary/aromatic N) is 1. The standard InChI is InChI=1S/C10H11NO3/c1-6-2-3-8-7(9(6)12)4-5-11(8)10(13)14/h4-6H,2-3H2,1H3,(H,13,14). The van der Waals surface area contributed by atoms with Gasteiger partial charge in [-0.25, -0.2) is 4.79 Å². The third-order valence-corrected chi connectivity index (χ3v) is 2.73. The van der Waals surface area contributed by atoms with E-state index in [1.165, 1.54) is 6.20 Å². The SMILES string of the molecule is CC1CCc2c(ccn2C(=O)O)C1=O. The lowest BCUT2D eigenvalue weighted by atomic mass is 9.88. The van der Waals surface area contributed by atoms with Crippen LogP contribution in [0.1, 0.15) is 29.4 Å². The summed E-state index contributed by atoms with van der Waals surface area (Å²) in [5.74, 6) is 0.0818. The lowest BCUT2D eigenvalue weighted by Gasteiger charge is -2.17. The Morgan fingerprint density at radius 3 is 3.00 bits per heavy atom. The van der Waals surface area contributed by atoms with Crippen molar-refractivity contribution in [2.45, 2.75) is 19.8 Å². The summed E-state index contributed by atoms with van der Waals surface area (Å²) in [4.78, 5) is 22.4. The Bertz CT molecular complexity index is 405. The van der Waals surface area contributed by atoms with E-state index >= 15 is 0 Å². The first-order valence-electron chi connectivity index (χ1n) is 4.59. The molecule has 1 N–H and O–H groups in total. The number of hydrogen-bond acceptors (Lipinski definition) is 2. The fourth-order valence-electron chi connectivity index (χ4n) is 1.87. The van der Waals surface area contributed by atoms with Gasteiger partial charge in [0, 0.05) is 23.4 Å². The predicted octanol–water partition coefficient (Wildman–Crippen LogP) is 1.78. The second-order valence-electron chi connectivity index (χ2n) is 3.63. The zero-order chi connectivity index (χ0) is 10.3. The van der Waals surface area contributed by atoms with Gasteiger partial charge < -0.3 is 5.11 Å². The van der Waals surface area contributed by atoms with Crippen molar-refractivity contribution in [3.8, 4) is 0 Å². The highest BCUT2D eigenvalue weighted by Gasteiger charge is 2.27. The first-order valence-corrected chi connectivity index (χ1v) is 4.59. The molecule has 0 bridgehead atoms. The van der Waals surface area contributed by atoms with E-state index in [-0.39, 0.29) is 11.7 Å². The summed E-state index contributed by atoms with van der Waals surface area (Å²) < 4.78 is 1.14. The topological polar surface area (TPSA) is 59.3 Å². The molecule has 0 amide bonds. The van der Waals surface area contributed by atoms with Crippen LogP contribution < -0.4 is 0 Å². The Hall–Kier alpha value is -1.58. The molecular weight excluding hydrogens is 182 g/mol. The lowest BCUT2D eigenvalue weighted by molar-refractivity contribution is 0.0913. The van der Waals surface area contributed by atoms with Gasteiger partial charge in [-0.05, 0) is 18.9 Å². The maximum Gasteiger partial charge on any atom is 0.415 e. The van der Waals surface area contributed by atoms with Crippen LogP contribution in [0.25, 0.3) is 0 Å². The molecule has 0 saturated carbocycles. The Morgan fingerprint density at radius 1 is 1.64 bits per heavy atom. The summed E-state index contributed by atoms with van der Waals surface area (Å²) in [5.41, 5.74) is 1.21. The van der Waals surface area contributed by atoms with Crippen molar-refractivity contribution in [1.82, 2.24) is 4.57 Å². The van der Waals surface area contributed by atoms with Gasteiger partial charge in [0.25, 0.3) is 0 Å². The molecule has 0 aliphatic heterocycles. The Labute approximate surface area is 81.2 Å². The van der Waals surface area contributed by atoms with E-state index < -0.39 is 6.09 Å². The van der Waals surface area contributed by atoms with Crippen LogP contribution in [0, 0.1) is 5.92 Å². The normalized spacial score (nSPS) is 20.6. The Balaban J connectivity index is 2.51. The minimum atomic E-state index is -1.02. The molecule has 1 aliphatic rings. The average Bonchev–Trinajstić information content (AvgIpc) is 2.55. The molecule has 1 atom stereocenters. The molecule has 0 radical (unpaired) electrons. The Morgan fingerprint density at radius 2 is 2.36 bits per heavy atom. The zero-order valence-corrected chi connectivity index (χ0v) is 7.86. The van der Waals surface area contributed by atoms with Crippen molar-refractivity contribution in [1.29, 1.82) is 0 Å². The number of Topliss-reactive ketones (excluding diaryl/α,β-unsaturated/α-hetero) is 1. The smallest absolute Gasteiger partial charge is 0.415 e. The van der Waals surface area contributed by atoms with Crippen molar-refractivity contribution < 1.29 is 14.7 Å². The van der Waals surface area contributed by atoms with Crippen LogP contribution in [-0.4, -0.2) is 21.6 Å². The van der Waals surface area contributed by atoms with Gasteiger partial charge in [-0.1, -0.05) is 6.92 Å². The van der Waals surface area contributed by atoms with E-state index in [0.717, 1.165) is 11.0 Å². The zero-order valence-electron chi connectivity index (χ0n) is 7.86. The van der Waals surface area contributed by atoms with E-state index in [2.05, 4.69) is 0 Å². The molecule has 2 rings (SSSR count). The summed E-state index contributed by atoms with van der Waals surface area (Å²) in [6.45, 7) is 1.88. The molecule has 1 aromatic rings. The highest BCUT2D eigenvalue weighted by Crippen LogP contribution is 2.25. The summed E-state index contributed by atoms with van der Waals surface area (Å²) in [7, 11) is 0. The van der Waals surface area contributed by atoms with Crippen molar-refractivity contribution in [2.24, 2.45) is 5.92 Å². The third kappa shape index (κ3) is 1.14. The molecule has 1 aliphatic carbocycles. The molecule has 0 saturated heterocycles. The van der Waals surface area contributed by atoms with E-state index in [4.69, 9.17) is 5.11 Å².